The standard InChI is InChI=1S/C19H12ClN5O2.C18H10ClN5O2.CH4.Li.2H2O/c1-27-19(26)18-15-6-14(7-21)22-9-17(15)25(24-18)10-11-2-3-16-12(4-11)5-13(20)8-23-16;19-12-4-11-3-10(1-2-15(11)22-7-12)9-24-16-8-21-13(6-20)5-14(16)17(23-24)18(25)26;;;;/h2-6,8-9H,10H2,1H3;1-5,7-8H,9H2,(H,25,26);1H4;;2*1H2/q;;;+1;;/p-1. The van der Waals surface area contributed by atoms with Gasteiger partial charge in [0.2, 0.25) is 0 Å². The molecule has 0 atom stereocenters. The summed E-state index contributed by atoms with van der Waals surface area (Å²) in [5.41, 5.74) is 5.10. The maximum atomic E-state index is 12.1. The first-order valence-corrected chi connectivity index (χ1v) is 16.3. The van der Waals surface area contributed by atoms with Crippen LogP contribution in [0.25, 0.3) is 43.6 Å². The average Bonchev–Trinajstić information content (AvgIpc) is 3.71. The number of benzene rings is 2. The van der Waals surface area contributed by atoms with Crippen molar-refractivity contribution in [2.24, 2.45) is 0 Å². The van der Waals surface area contributed by atoms with E-state index in [2.05, 4.69) is 30.1 Å². The van der Waals surface area contributed by atoms with Crippen LogP contribution >= 0.6 is 23.2 Å². The van der Waals surface area contributed by atoms with Gasteiger partial charge in [-0.1, -0.05) is 42.8 Å². The second-order valence-electron chi connectivity index (χ2n) is 11.6. The molecule has 19 heteroatoms. The van der Waals surface area contributed by atoms with Crippen LogP contribution in [0.5, 0.6) is 0 Å². The third-order valence-electron chi connectivity index (χ3n) is 8.17. The fourth-order valence-corrected chi connectivity index (χ4v) is 6.10. The quantitative estimate of drug-likeness (QED) is 0.187. The predicted molar refractivity (Wildman–Crippen MR) is 207 cm³/mol. The third-order valence-corrected chi connectivity index (χ3v) is 8.59. The van der Waals surface area contributed by atoms with E-state index < -0.39 is 11.9 Å². The molecule has 0 unspecified atom stereocenters. The van der Waals surface area contributed by atoms with Crippen molar-refractivity contribution >= 4 is 78.8 Å². The number of esters is 1. The van der Waals surface area contributed by atoms with Crippen molar-refractivity contribution in [3.8, 4) is 12.1 Å². The number of carbonyl (C=O) groups excluding carboxylic acids is 1. The normalized spacial score (nSPS) is 10.1. The van der Waals surface area contributed by atoms with Gasteiger partial charge in [-0.2, -0.15) is 20.7 Å². The van der Waals surface area contributed by atoms with Gasteiger partial charge in [0.25, 0.3) is 0 Å². The van der Waals surface area contributed by atoms with Crippen molar-refractivity contribution < 1.29 is 49.2 Å². The molecule has 0 saturated carbocycles. The van der Waals surface area contributed by atoms with Gasteiger partial charge in [-0.15, -0.1) is 0 Å². The summed E-state index contributed by atoms with van der Waals surface area (Å²) in [7, 11) is 1.29. The number of aromatic carboxylic acids is 1. The van der Waals surface area contributed by atoms with E-state index in [1.165, 1.54) is 31.6 Å². The molecule has 6 heterocycles. The summed E-state index contributed by atoms with van der Waals surface area (Å²) in [5.74, 6) is -1.72. The minimum atomic E-state index is -1.15. The van der Waals surface area contributed by atoms with Gasteiger partial charge >= 0.3 is 30.8 Å². The third kappa shape index (κ3) is 9.32. The van der Waals surface area contributed by atoms with Crippen LogP contribution in [0.1, 0.15) is 50.9 Å². The van der Waals surface area contributed by atoms with Gasteiger partial charge in [0.1, 0.15) is 23.5 Å². The van der Waals surface area contributed by atoms with Crippen LogP contribution in [0.3, 0.4) is 0 Å². The molecule has 0 bridgehead atoms. The first-order chi connectivity index (χ1) is 25.6. The molecule has 0 radical (unpaired) electrons. The van der Waals surface area contributed by atoms with E-state index in [4.69, 9.17) is 38.5 Å². The molecule has 57 heavy (non-hydrogen) atoms. The van der Waals surface area contributed by atoms with Crippen LogP contribution in [0.2, 0.25) is 10.0 Å². The summed E-state index contributed by atoms with van der Waals surface area (Å²) in [5, 5.41) is 39.8. The number of carboxylic acids is 1. The van der Waals surface area contributed by atoms with Gasteiger partial charge in [0.15, 0.2) is 11.4 Å². The van der Waals surface area contributed by atoms with E-state index in [-0.39, 0.29) is 60.0 Å². The van der Waals surface area contributed by atoms with E-state index in [1.807, 2.05) is 60.7 Å². The number of aromatic nitrogens is 8. The van der Waals surface area contributed by atoms with E-state index in [1.54, 1.807) is 21.8 Å². The van der Waals surface area contributed by atoms with E-state index in [9.17, 15) is 14.7 Å². The number of ether oxygens (including phenoxy) is 1. The largest absolute Gasteiger partial charge is 1.00 e. The first-order valence-electron chi connectivity index (χ1n) is 15.6. The molecule has 8 rings (SSSR count). The van der Waals surface area contributed by atoms with Crippen molar-refractivity contribution in [1.82, 2.24) is 39.5 Å². The van der Waals surface area contributed by atoms with Crippen LogP contribution in [-0.4, -0.2) is 74.6 Å². The van der Waals surface area contributed by atoms with Crippen molar-refractivity contribution in [3.63, 3.8) is 0 Å². The molecule has 282 valence electrons. The number of rotatable bonds is 6. The Bertz CT molecular complexity index is 2870. The summed E-state index contributed by atoms with van der Waals surface area (Å²) in [4.78, 5) is 40.2. The van der Waals surface area contributed by atoms with Crippen LogP contribution in [0, 0.1) is 22.7 Å². The Morgan fingerprint density at radius 2 is 1.16 bits per heavy atom. The Labute approximate surface area is 345 Å². The summed E-state index contributed by atoms with van der Waals surface area (Å²) in [6.07, 6.45) is 6.19. The van der Waals surface area contributed by atoms with Gasteiger partial charge in [0.05, 0.1) is 64.7 Å². The minimum absolute atomic E-state index is 0. The minimum Gasteiger partial charge on any atom is -0.870 e. The molecule has 0 spiro atoms. The Balaban J connectivity index is 0.000000285. The van der Waals surface area contributed by atoms with Crippen LogP contribution in [-0.2, 0) is 17.8 Å². The number of pyridine rings is 4. The SMILES string of the molecule is C.COC(=O)c1nn(Cc2ccc3ncc(Cl)cc3c2)c2cnc(C#N)cc12.N#Cc1cc2c(C(=O)O)nn(Cc3ccc4ncc(Cl)cc4c3)c2cn1.O.[Li+].[OH-]. The van der Waals surface area contributed by atoms with Gasteiger partial charge in [-0.3, -0.25) is 19.3 Å². The topological polar surface area (TPSA) is 260 Å². The molecule has 6 aromatic heterocycles. The van der Waals surface area contributed by atoms with Crippen molar-refractivity contribution in [1.29, 1.82) is 10.5 Å². The van der Waals surface area contributed by atoms with Gasteiger partial charge in [0, 0.05) is 33.9 Å². The van der Waals surface area contributed by atoms with Crippen LogP contribution in [0.15, 0.2) is 85.5 Å². The summed E-state index contributed by atoms with van der Waals surface area (Å²) in [6.45, 7) is 0.753. The fourth-order valence-electron chi connectivity index (χ4n) is 5.76. The molecule has 2 aromatic carbocycles. The molecule has 0 amide bonds. The number of nitriles is 2. The number of halogens is 2. The zero-order chi connectivity index (χ0) is 37.2. The first kappa shape index (κ1) is 44.9. The zero-order valence-electron chi connectivity index (χ0n) is 29.3. The monoisotopic (exact) mass is 798 g/mol. The maximum Gasteiger partial charge on any atom is 1.00 e. The van der Waals surface area contributed by atoms with E-state index in [0.29, 0.717) is 44.9 Å². The predicted octanol–water partition coefficient (Wildman–Crippen LogP) is 3.23. The number of hydrogen-bond acceptors (Lipinski definition) is 12. The number of carboxylic acid groups (broad SMARTS) is 1. The van der Waals surface area contributed by atoms with Gasteiger partial charge in [-0.25, -0.2) is 19.6 Å². The molecule has 8 aromatic rings. The molecular formula is C38H29Cl2LiN10O6. The van der Waals surface area contributed by atoms with Crippen molar-refractivity contribution in [2.45, 2.75) is 20.5 Å². The molecule has 0 aliphatic heterocycles. The number of methoxy groups -OCH3 is 1. The molecule has 4 N–H and O–H groups in total. The summed E-state index contributed by atoms with van der Waals surface area (Å²) < 4.78 is 8.03. The summed E-state index contributed by atoms with van der Waals surface area (Å²) in [6, 6.07) is 22.0. The van der Waals surface area contributed by atoms with Crippen molar-refractivity contribution in [2.75, 3.05) is 7.11 Å². The Kier molecular flexibility index (Phi) is 14.9. The van der Waals surface area contributed by atoms with Crippen molar-refractivity contribution in [3.05, 3.63) is 129 Å². The van der Waals surface area contributed by atoms with Gasteiger partial charge in [-0.05, 0) is 59.7 Å². The zero-order valence-corrected chi connectivity index (χ0v) is 30.9. The Hall–Kier alpha value is -6.48. The molecule has 0 saturated heterocycles. The molecular weight excluding hydrogens is 770 g/mol. The maximum absolute atomic E-state index is 12.1. The fraction of sp³-hybridized carbons (Fsp3) is 0.105. The van der Waals surface area contributed by atoms with Crippen LogP contribution in [0.4, 0.5) is 0 Å². The van der Waals surface area contributed by atoms with E-state index in [0.717, 1.165) is 32.9 Å². The molecule has 16 nitrogen and oxygen atoms in total. The number of fused-ring (bicyclic) bond motifs is 4. The average molecular weight is 800 g/mol. The number of carbonyl (C=O) groups is 2. The smallest absolute Gasteiger partial charge is 0.870 e. The van der Waals surface area contributed by atoms with Gasteiger partial charge < -0.3 is 20.8 Å². The van der Waals surface area contributed by atoms with Crippen LogP contribution < -0.4 is 18.9 Å². The second kappa shape index (κ2) is 18.9. The number of hydrogen-bond donors (Lipinski definition) is 1. The molecule has 0 fully saturated rings. The molecule has 0 aliphatic carbocycles. The number of nitrogens with zero attached hydrogens (tertiary/aromatic N) is 10. The summed E-state index contributed by atoms with van der Waals surface area (Å²) >= 11 is 12.0. The Morgan fingerprint density at radius 3 is 1.58 bits per heavy atom. The second-order valence-corrected chi connectivity index (χ2v) is 12.4. The molecule has 0 aliphatic rings. The Morgan fingerprint density at radius 1 is 0.719 bits per heavy atom. The van der Waals surface area contributed by atoms with E-state index >= 15 is 0 Å².